The third kappa shape index (κ3) is 5.18. The maximum Gasteiger partial charge on any atom is 0.223 e. The molecule has 1 aliphatic heterocycles. The number of carbonyl (C=O) groups excluding carboxylic acids is 2. The molecular formula is C16H22ClFN2O3. The van der Waals surface area contributed by atoms with E-state index in [9.17, 15) is 14.0 Å². The normalized spacial score (nSPS) is 17.3. The fourth-order valence-electron chi connectivity index (χ4n) is 2.60. The summed E-state index contributed by atoms with van der Waals surface area (Å²) in [5.74, 6) is -0.815. The summed E-state index contributed by atoms with van der Waals surface area (Å²) >= 11 is 0. The van der Waals surface area contributed by atoms with Gasteiger partial charge in [0.25, 0.3) is 0 Å². The molecule has 1 aliphatic rings. The highest BCUT2D eigenvalue weighted by atomic mass is 35.5. The lowest BCUT2D eigenvalue weighted by Gasteiger charge is -2.30. The molecule has 1 atom stereocenters. The Balaban J connectivity index is 0.00000264. The number of nitrogens with zero attached hydrogens (tertiary/aromatic N) is 1. The monoisotopic (exact) mass is 344 g/mol. The lowest BCUT2D eigenvalue weighted by Crippen LogP contribution is -2.45. The summed E-state index contributed by atoms with van der Waals surface area (Å²) in [6.07, 6.45) is 2.01. The Kier molecular flexibility index (Phi) is 7.45. The first kappa shape index (κ1) is 19.4. The van der Waals surface area contributed by atoms with E-state index in [0.717, 1.165) is 18.9 Å². The molecule has 1 aromatic carbocycles. The number of hydrogen-bond acceptors (Lipinski definition) is 4. The van der Waals surface area contributed by atoms with Crippen molar-refractivity contribution in [2.45, 2.75) is 31.7 Å². The summed E-state index contributed by atoms with van der Waals surface area (Å²) in [6.45, 7) is 1.24. The lowest BCUT2D eigenvalue weighted by molar-refractivity contribution is -0.132. The van der Waals surface area contributed by atoms with Crippen molar-refractivity contribution >= 4 is 24.1 Å². The number of ketones is 1. The van der Waals surface area contributed by atoms with Gasteiger partial charge in [0.1, 0.15) is 0 Å². The van der Waals surface area contributed by atoms with Gasteiger partial charge in [0.15, 0.2) is 17.3 Å². The molecule has 7 heteroatoms. The SMILES string of the molecule is COc1ccc(C(=O)CCC(=O)N2CCCC(N)C2)cc1F.Cl. The fraction of sp³-hybridized carbons (Fsp3) is 0.500. The van der Waals surface area contributed by atoms with Crippen LogP contribution < -0.4 is 10.5 Å². The number of amides is 1. The van der Waals surface area contributed by atoms with E-state index >= 15 is 0 Å². The highest BCUT2D eigenvalue weighted by Gasteiger charge is 2.21. The zero-order valence-corrected chi connectivity index (χ0v) is 13.9. The molecule has 1 fully saturated rings. The van der Waals surface area contributed by atoms with Gasteiger partial charge in [-0.15, -0.1) is 12.4 Å². The minimum atomic E-state index is -0.582. The topological polar surface area (TPSA) is 72.6 Å². The molecule has 0 radical (unpaired) electrons. The first-order chi connectivity index (χ1) is 10.5. The van der Waals surface area contributed by atoms with Crippen LogP contribution >= 0.6 is 12.4 Å². The number of benzene rings is 1. The van der Waals surface area contributed by atoms with Crippen LogP contribution in [0.3, 0.4) is 0 Å². The number of likely N-dealkylation sites (tertiary alicyclic amines) is 1. The Morgan fingerprint density at radius 1 is 1.39 bits per heavy atom. The van der Waals surface area contributed by atoms with Crippen LogP contribution in [0.15, 0.2) is 18.2 Å². The van der Waals surface area contributed by atoms with E-state index < -0.39 is 5.82 Å². The standard InChI is InChI=1S/C16H21FN2O3.ClH/c1-22-15-6-4-11(9-13(15)17)14(20)5-7-16(21)19-8-2-3-12(18)10-19;/h4,6,9,12H,2-3,5,7-8,10,18H2,1H3;1H. The van der Waals surface area contributed by atoms with Crippen LogP contribution in [0.2, 0.25) is 0 Å². The van der Waals surface area contributed by atoms with Crippen LogP contribution in [-0.4, -0.2) is 42.8 Å². The third-order valence-electron chi connectivity index (χ3n) is 3.85. The number of piperidine rings is 1. The Bertz CT molecular complexity index is 568. The predicted octanol–water partition coefficient (Wildman–Crippen LogP) is 2.17. The summed E-state index contributed by atoms with van der Waals surface area (Å²) < 4.78 is 18.4. The molecule has 5 nitrogen and oxygen atoms in total. The zero-order valence-electron chi connectivity index (χ0n) is 13.1. The molecule has 1 aromatic rings. The number of rotatable bonds is 5. The molecule has 1 heterocycles. The molecule has 0 aliphatic carbocycles. The van der Waals surface area contributed by atoms with Gasteiger partial charge in [-0.3, -0.25) is 9.59 Å². The van der Waals surface area contributed by atoms with E-state index in [4.69, 9.17) is 10.5 Å². The Morgan fingerprint density at radius 2 is 2.13 bits per heavy atom. The largest absolute Gasteiger partial charge is 0.494 e. The molecule has 1 amide bonds. The van der Waals surface area contributed by atoms with Gasteiger partial charge in [-0.25, -0.2) is 4.39 Å². The van der Waals surface area contributed by atoms with Crippen LogP contribution in [0.25, 0.3) is 0 Å². The first-order valence-corrected chi connectivity index (χ1v) is 7.41. The number of hydrogen-bond donors (Lipinski definition) is 1. The molecule has 0 spiro atoms. The Morgan fingerprint density at radius 3 is 2.74 bits per heavy atom. The van der Waals surface area contributed by atoms with Crippen LogP contribution in [0, 0.1) is 5.82 Å². The molecule has 128 valence electrons. The van der Waals surface area contributed by atoms with Crippen LogP contribution in [-0.2, 0) is 4.79 Å². The van der Waals surface area contributed by atoms with E-state index in [1.165, 1.54) is 19.2 Å². The second kappa shape index (κ2) is 8.84. The summed E-state index contributed by atoms with van der Waals surface area (Å²) in [5, 5.41) is 0. The average molecular weight is 345 g/mol. The average Bonchev–Trinajstić information content (AvgIpc) is 2.52. The van der Waals surface area contributed by atoms with Gasteiger partial charge in [-0.05, 0) is 31.0 Å². The van der Waals surface area contributed by atoms with Crippen molar-refractivity contribution in [2.24, 2.45) is 5.73 Å². The molecule has 2 rings (SSSR count). The number of ether oxygens (including phenoxy) is 1. The first-order valence-electron chi connectivity index (χ1n) is 7.41. The molecular weight excluding hydrogens is 323 g/mol. The summed E-state index contributed by atoms with van der Waals surface area (Å²) in [6, 6.07) is 4.08. The van der Waals surface area contributed by atoms with E-state index in [1.54, 1.807) is 4.90 Å². The molecule has 23 heavy (non-hydrogen) atoms. The van der Waals surface area contributed by atoms with Gasteiger partial charge in [0.2, 0.25) is 5.91 Å². The molecule has 2 N–H and O–H groups in total. The van der Waals surface area contributed by atoms with Gasteiger partial charge in [0, 0.05) is 37.5 Å². The van der Waals surface area contributed by atoms with Crippen molar-refractivity contribution in [1.82, 2.24) is 4.90 Å². The smallest absolute Gasteiger partial charge is 0.223 e. The summed E-state index contributed by atoms with van der Waals surface area (Å²) in [5.41, 5.74) is 6.09. The van der Waals surface area contributed by atoms with Crippen molar-refractivity contribution in [3.8, 4) is 5.75 Å². The second-order valence-electron chi connectivity index (χ2n) is 5.51. The second-order valence-corrected chi connectivity index (χ2v) is 5.51. The molecule has 0 bridgehead atoms. The van der Waals surface area contributed by atoms with Gasteiger partial charge in [-0.1, -0.05) is 0 Å². The van der Waals surface area contributed by atoms with E-state index in [1.807, 2.05) is 0 Å². The van der Waals surface area contributed by atoms with Gasteiger partial charge in [0.05, 0.1) is 7.11 Å². The van der Waals surface area contributed by atoms with Crippen LogP contribution in [0.4, 0.5) is 4.39 Å². The van der Waals surface area contributed by atoms with Crippen LogP contribution in [0.5, 0.6) is 5.75 Å². The summed E-state index contributed by atoms with van der Waals surface area (Å²) in [7, 11) is 1.36. The van der Waals surface area contributed by atoms with Crippen LogP contribution in [0.1, 0.15) is 36.0 Å². The number of Topliss-reactive ketones (excluding diaryl/α,β-unsaturated/α-hetero) is 1. The van der Waals surface area contributed by atoms with Crippen molar-refractivity contribution in [3.63, 3.8) is 0 Å². The number of methoxy groups -OCH3 is 1. The highest BCUT2D eigenvalue weighted by molar-refractivity contribution is 5.98. The molecule has 1 saturated heterocycles. The van der Waals surface area contributed by atoms with Crippen molar-refractivity contribution in [3.05, 3.63) is 29.6 Å². The minimum absolute atomic E-state index is 0. The molecule has 0 aromatic heterocycles. The highest BCUT2D eigenvalue weighted by Crippen LogP contribution is 2.19. The number of carbonyl (C=O) groups is 2. The fourth-order valence-corrected chi connectivity index (χ4v) is 2.60. The van der Waals surface area contributed by atoms with Gasteiger partial charge >= 0.3 is 0 Å². The van der Waals surface area contributed by atoms with E-state index in [0.29, 0.717) is 13.1 Å². The minimum Gasteiger partial charge on any atom is -0.494 e. The molecule has 1 unspecified atom stereocenters. The molecule has 0 saturated carbocycles. The van der Waals surface area contributed by atoms with E-state index in [2.05, 4.69) is 0 Å². The van der Waals surface area contributed by atoms with Crippen molar-refractivity contribution in [2.75, 3.05) is 20.2 Å². The number of nitrogens with two attached hydrogens (primary N) is 1. The number of halogens is 2. The maximum absolute atomic E-state index is 13.6. The zero-order chi connectivity index (χ0) is 16.1. The predicted molar refractivity (Wildman–Crippen MR) is 87.6 cm³/mol. The van der Waals surface area contributed by atoms with Crippen molar-refractivity contribution in [1.29, 1.82) is 0 Å². The quantitative estimate of drug-likeness (QED) is 0.831. The van der Waals surface area contributed by atoms with E-state index in [-0.39, 0.29) is 54.3 Å². The Hall–Kier alpha value is -1.66. The lowest BCUT2D eigenvalue weighted by atomic mass is 10.0. The van der Waals surface area contributed by atoms with Gasteiger partial charge < -0.3 is 15.4 Å². The van der Waals surface area contributed by atoms with Crippen molar-refractivity contribution < 1.29 is 18.7 Å². The third-order valence-corrected chi connectivity index (χ3v) is 3.85. The Labute approximate surface area is 141 Å². The summed E-state index contributed by atoms with van der Waals surface area (Å²) in [4.78, 5) is 25.8. The van der Waals surface area contributed by atoms with Gasteiger partial charge in [-0.2, -0.15) is 0 Å². The maximum atomic E-state index is 13.6.